The number of rotatable bonds is 3. The first-order valence-electron chi connectivity index (χ1n) is 6.01. The highest BCUT2D eigenvalue weighted by molar-refractivity contribution is 9.10. The normalized spacial score (nSPS) is 18.3. The van der Waals surface area contributed by atoms with Crippen molar-refractivity contribution in [2.75, 3.05) is 5.32 Å². The van der Waals surface area contributed by atoms with E-state index >= 15 is 0 Å². The molecule has 1 atom stereocenters. The van der Waals surface area contributed by atoms with Crippen molar-refractivity contribution in [2.24, 2.45) is 5.92 Å². The van der Waals surface area contributed by atoms with Crippen LogP contribution in [0.1, 0.15) is 31.7 Å². The average Bonchev–Trinajstić information content (AvgIpc) is 2.11. The lowest BCUT2D eigenvalue weighted by Crippen LogP contribution is -2.31. The first-order chi connectivity index (χ1) is 8.38. The third kappa shape index (κ3) is 2.99. The van der Waals surface area contributed by atoms with Crippen LogP contribution < -0.4 is 5.32 Å². The van der Waals surface area contributed by atoms with Crippen molar-refractivity contribution in [3.63, 3.8) is 0 Å². The Balaban J connectivity index is 2.21. The first kappa shape index (κ1) is 13.7. The summed E-state index contributed by atoms with van der Waals surface area (Å²) in [5, 5.41) is 3.01. The Labute approximate surface area is 113 Å². The van der Waals surface area contributed by atoms with Crippen molar-refractivity contribution in [3.8, 4) is 0 Å². The second-order valence-corrected chi connectivity index (χ2v) is 5.73. The van der Waals surface area contributed by atoms with E-state index < -0.39 is 11.7 Å². The van der Waals surface area contributed by atoms with Gasteiger partial charge in [0.15, 0.2) is 0 Å². The fraction of sp³-hybridized carbons (Fsp3) is 0.538. The fourth-order valence-electron chi connectivity index (χ4n) is 2.19. The minimum Gasteiger partial charge on any atom is -0.382 e. The largest absolute Gasteiger partial charge is 0.418 e. The SMILES string of the molecule is CC(Nc1cc(Br)ccc1C(F)(F)F)C1CCC1. The van der Waals surface area contributed by atoms with E-state index in [2.05, 4.69) is 21.2 Å². The molecule has 0 heterocycles. The molecule has 1 unspecified atom stereocenters. The Morgan fingerprint density at radius 1 is 1.33 bits per heavy atom. The molecule has 1 saturated carbocycles. The molecule has 1 aliphatic carbocycles. The van der Waals surface area contributed by atoms with Crippen molar-refractivity contribution >= 4 is 21.6 Å². The summed E-state index contributed by atoms with van der Waals surface area (Å²) in [5.74, 6) is 0.491. The molecule has 1 aliphatic rings. The summed E-state index contributed by atoms with van der Waals surface area (Å²) in [4.78, 5) is 0. The number of nitrogens with one attached hydrogen (secondary N) is 1. The van der Waals surface area contributed by atoms with E-state index in [1.165, 1.54) is 18.6 Å². The van der Waals surface area contributed by atoms with Crippen molar-refractivity contribution in [1.29, 1.82) is 0 Å². The fourth-order valence-corrected chi connectivity index (χ4v) is 2.55. The van der Waals surface area contributed by atoms with Gasteiger partial charge in [0.1, 0.15) is 0 Å². The van der Waals surface area contributed by atoms with Gasteiger partial charge in [-0.25, -0.2) is 0 Å². The molecule has 1 fully saturated rings. The molecule has 1 nitrogen and oxygen atoms in total. The van der Waals surface area contributed by atoms with Gasteiger partial charge in [-0.1, -0.05) is 22.4 Å². The van der Waals surface area contributed by atoms with Gasteiger partial charge in [0.25, 0.3) is 0 Å². The second kappa shape index (κ2) is 5.11. The summed E-state index contributed by atoms with van der Waals surface area (Å²) in [6.07, 6.45) is -0.934. The zero-order valence-electron chi connectivity index (χ0n) is 10.0. The highest BCUT2D eigenvalue weighted by atomic mass is 79.9. The van der Waals surface area contributed by atoms with E-state index in [9.17, 15) is 13.2 Å². The van der Waals surface area contributed by atoms with E-state index in [1.54, 1.807) is 0 Å². The molecule has 0 bridgehead atoms. The molecule has 0 aromatic heterocycles. The topological polar surface area (TPSA) is 12.0 Å². The van der Waals surface area contributed by atoms with Crippen LogP contribution in [0.25, 0.3) is 0 Å². The molecule has 0 amide bonds. The van der Waals surface area contributed by atoms with Crippen LogP contribution in [0, 0.1) is 5.92 Å². The smallest absolute Gasteiger partial charge is 0.382 e. The van der Waals surface area contributed by atoms with Gasteiger partial charge in [0.2, 0.25) is 0 Å². The zero-order chi connectivity index (χ0) is 13.3. The van der Waals surface area contributed by atoms with Crippen LogP contribution in [0.4, 0.5) is 18.9 Å². The van der Waals surface area contributed by atoms with Crippen LogP contribution >= 0.6 is 15.9 Å². The van der Waals surface area contributed by atoms with Crippen molar-refractivity contribution in [1.82, 2.24) is 0 Å². The maximum atomic E-state index is 12.9. The molecule has 0 aliphatic heterocycles. The van der Waals surface area contributed by atoms with E-state index in [0.29, 0.717) is 10.4 Å². The van der Waals surface area contributed by atoms with Gasteiger partial charge in [-0.05, 0) is 43.9 Å². The molecule has 1 aromatic carbocycles. The summed E-state index contributed by atoms with van der Waals surface area (Å²) in [7, 11) is 0. The number of hydrogen-bond acceptors (Lipinski definition) is 1. The molecule has 5 heteroatoms. The lowest BCUT2D eigenvalue weighted by molar-refractivity contribution is -0.137. The van der Waals surface area contributed by atoms with Gasteiger partial charge in [0, 0.05) is 16.2 Å². The van der Waals surface area contributed by atoms with Gasteiger partial charge >= 0.3 is 6.18 Å². The molecule has 0 saturated heterocycles. The minimum atomic E-state index is -4.32. The molecule has 0 spiro atoms. The predicted octanol–water partition coefficient (Wildman–Crippen LogP) is 5.07. The average molecular weight is 322 g/mol. The third-order valence-electron chi connectivity index (χ3n) is 3.53. The second-order valence-electron chi connectivity index (χ2n) is 4.81. The molecule has 1 aromatic rings. The highest BCUT2D eigenvalue weighted by Gasteiger charge is 2.34. The summed E-state index contributed by atoms with van der Waals surface area (Å²) < 4.78 is 39.3. The Morgan fingerprint density at radius 3 is 2.50 bits per heavy atom. The van der Waals surface area contributed by atoms with Crippen LogP contribution in [0.15, 0.2) is 22.7 Å². The number of halogens is 4. The summed E-state index contributed by atoms with van der Waals surface area (Å²) >= 11 is 3.21. The maximum Gasteiger partial charge on any atom is 0.418 e. The zero-order valence-corrected chi connectivity index (χ0v) is 11.6. The number of alkyl halides is 3. The minimum absolute atomic E-state index is 0.0779. The van der Waals surface area contributed by atoms with Crippen LogP contribution in [0.2, 0.25) is 0 Å². The van der Waals surface area contributed by atoms with E-state index in [0.717, 1.165) is 18.9 Å². The molecular formula is C13H15BrF3N. The molecule has 100 valence electrons. The quantitative estimate of drug-likeness (QED) is 0.819. The molecule has 0 radical (unpaired) electrons. The number of hydrogen-bond donors (Lipinski definition) is 1. The summed E-state index contributed by atoms with van der Waals surface area (Å²) in [6.45, 7) is 1.95. The molecular weight excluding hydrogens is 307 g/mol. The van der Waals surface area contributed by atoms with Crippen molar-refractivity contribution < 1.29 is 13.2 Å². The van der Waals surface area contributed by atoms with Gasteiger partial charge in [-0.15, -0.1) is 0 Å². The molecule has 2 rings (SSSR count). The lowest BCUT2D eigenvalue weighted by Gasteiger charge is -2.33. The van der Waals surface area contributed by atoms with E-state index in [4.69, 9.17) is 0 Å². The van der Waals surface area contributed by atoms with Crippen LogP contribution in [0.5, 0.6) is 0 Å². The Bertz CT molecular complexity index is 427. The lowest BCUT2D eigenvalue weighted by atomic mass is 9.80. The summed E-state index contributed by atoms with van der Waals surface area (Å²) in [5.41, 5.74) is -0.437. The molecule has 18 heavy (non-hydrogen) atoms. The van der Waals surface area contributed by atoms with Crippen molar-refractivity contribution in [2.45, 2.75) is 38.4 Å². The van der Waals surface area contributed by atoms with Gasteiger partial charge in [-0.2, -0.15) is 13.2 Å². The van der Waals surface area contributed by atoms with Gasteiger partial charge in [0.05, 0.1) is 5.56 Å². The van der Waals surface area contributed by atoms with Gasteiger partial charge < -0.3 is 5.32 Å². The van der Waals surface area contributed by atoms with E-state index in [1.807, 2.05) is 6.92 Å². The maximum absolute atomic E-state index is 12.9. The van der Waals surface area contributed by atoms with Crippen LogP contribution in [-0.2, 0) is 6.18 Å². The Morgan fingerprint density at radius 2 is 2.00 bits per heavy atom. The van der Waals surface area contributed by atoms with Crippen molar-refractivity contribution in [3.05, 3.63) is 28.2 Å². The van der Waals surface area contributed by atoms with Crippen LogP contribution in [0.3, 0.4) is 0 Å². The number of benzene rings is 1. The Kier molecular flexibility index (Phi) is 3.90. The third-order valence-corrected chi connectivity index (χ3v) is 4.02. The standard InChI is InChI=1S/C13H15BrF3N/c1-8(9-3-2-4-9)18-12-7-10(14)5-6-11(12)13(15,16)17/h5-9,18H,2-4H2,1H3. The first-order valence-corrected chi connectivity index (χ1v) is 6.80. The molecule has 1 N–H and O–H groups in total. The highest BCUT2D eigenvalue weighted by Crippen LogP contribution is 2.38. The summed E-state index contributed by atoms with van der Waals surface area (Å²) in [6, 6.07) is 4.11. The monoisotopic (exact) mass is 321 g/mol. The Hall–Kier alpha value is -0.710. The van der Waals surface area contributed by atoms with Gasteiger partial charge in [-0.3, -0.25) is 0 Å². The predicted molar refractivity (Wildman–Crippen MR) is 69.6 cm³/mol. The number of anilines is 1. The van der Waals surface area contributed by atoms with E-state index in [-0.39, 0.29) is 11.7 Å². The van der Waals surface area contributed by atoms with Crippen LogP contribution in [-0.4, -0.2) is 6.04 Å².